The van der Waals surface area contributed by atoms with E-state index in [2.05, 4.69) is 0 Å². The van der Waals surface area contributed by atoms with E-state index in [0.717, 1.165) is 0 Å². The Labute approximate surface area is 64.7 Å². The van der Waals surface area contributed by atoms with Gasteiger partial charge in [0.1, 0.15) is 0 Å². The average molecular weight is 205 g/mol. The maximum absolute atomic E-state index is 9.95. The van der Waals surface area contributed by atoms with Crippen molar-refractivity contribution in [1.29, 1.82) is 0 Å². The summed E-state index contributed by atoms with van der Waals surface area (Å²) in [5.41, 5.74) is -5.26. The van der Waals surface area contributed by atoms with E-state index in [-0.39, 0.29) is 0 Å². The number of aliphatic hydroxyl groups is 2. The van der Waals surface area contributed by atoms with Crippen molar-refractivity contribution in [3.8, 4) is 0 Å². The Morgan fingerprint density at radius 1 is 1.36 bits per heavy atom. The second-order valence-corrected chi connectivity index (χ2v) is 4.07. The fraction of sp³-hybridized carbons (Fsp3) is 1.00. The zero-order chi connectivity index (χ0) is 9.23. The quantitative estimate of drug-likeness (QED) is 0.339. The molecule has 0 fully saturated rings. The molecule has 9 heteroatoms. The van der Waals surface area contributed by atoms with E-state index >= 15 is 0 Å². The minimum absolute atomic E-state index is 2.54. The van der Waals surface area contributed by atoms with Gasteiger partial charge in [0.25, 0.3) is 10.1 Å². The smallest absolute Gasteiger partial charge is 0.295 e. The average Bonchev–Trinajstić information content (AvgIpc) is 1.82. The number of hydrogen-bond donors (Lipinski definition) is 3. The van der Waals surface area contributed by atoms with E-state index in [4.69, 9.17) is 14.8 Å². The van der Waals surface area contributed by atoms with Crippen LogP contribution in [0.1, 0.15) is 0 Å². The van der Waals surface area contributed by atoms with Crippen molar-refractivity contribution >= 4 is 21.2 Å². The standard InChI is InChI=1S/C2H6O7S2/c3-1(10(5)6)2(4)11(7,8)9/h1-4H,(H,5,6)(H,7,8,9)/p-1. The second kappa shape index (κ2) is 3.56. The van der Waals surface area contributed by atoms with Crippen LogP contribution in [-0.2, 0) is 21.2 Å². The Kier molecular flexibility index (Phi) is 3.54. The summed E-state index contributed by atoms with van der Waals surface area (Å²) in [6, 6.07) is 0. The van der Waals surface area contributed by atoms with Crippen LogP contribution < -0.4 is 0 Å². The third kappa shape index (κ3) is 3.22. The van der Waals surface area contributed by atoms with Crippen molar-refractivity contribution in [2.45, 2.75) is 10.9 Å². The molecule has 0 spiro atoms. The monoisotopic (exact) mass is 205 g/mol. The molecule has 0 aliphatic carbocycles. The van der Waals surface area contributed by atoms with Crippen LogP contribution in [0.2, 0.25) is 0 Å². The lowest BCUT2D eigenvalue weighted by molar-refractivity contribution is 0.112. The Bertz CT molecular complexity index is 241. The third-order valence-corrected chi connectivity index (χ3v) is 2.44. The molecule has 0 heterocycles. The molecule has 0 aromatic heterocycles. The molecular formula is C2H5O7S2-. The van der Waals surface area contributed by atoms with E-state index in [1.807, 2.05) is 0 Å². The Morgan fingerprint density at radius 3 is 1.82 bits per heavy atom. The van der Waals surface area contributed by atoms with Crippen molar-refractivity contribution in [3.05, 3.63) is 0 Å². The van der Waals surface area contributed by atoms with E-state index in [0.29, 0.717) is 0 Å². The van der Waals surface area contributed by atoms with Crippen molar-refractivity contribution < 1.29 is 31.9 Å². The van der Waals surface area contributed by atoms with Crippen LogP contribution in [0.25, 0.3) is 0 Å². The molecular weight excluding hydrogens is 200 g/mol. The molecule has 0 aliphatic heterocycles. The normalized spacial score (nSPS) is 20.7. The first-order valence-electron chi connectivity index (χ1n) is 2.17. The van der Waals surface area contributed by atoms with Crippen molar-refractivity contribution in [3.63, 3.8) is 0 Å². The van der Waals surface area contributed by atoms with Crippen molar-refractivity contribution in [1.82, 2.24) is 0 Å². The molecule has 0 aliphatic rings. The molecule has 11 heavy (non-hydrogen) atoms. The predicted octanol–water partition coefficient (Wildman–Crippen LogP) is -2.61. The van der Waals surface area contributed by atoms with Crippen LogP contribution in [0.15, 0.2) is 0 Å². The number of rotatable bonds is 3. The summed E-state index contributed by atoms with van der Waals surface area (Å²) in [7, 11) is -4.93. The summed E-state index contributed by atoms with van der Waals surface area (Å²) in [5.74, 6) is 0. The summed E-state index contributed by atoms with van der Waals surface area (Å²) in [4.78, 5) is 0. The molecule has 7 nitrogen and oxygen atoms in total. The molecule has 0 aromatic rings. The fourth-order valence-corrected chi connectivity index (χ4v) is 1.42. The van der Waals surface area contributed by atoms with Gasteiger partial charge in [-0.15, -0.1) is 0 Å². The summed E-state index contributed by atoms with van der Waals surface area (Å²) in [6.07, 6.45) is 0. The van der Waals surface area contributed by atoms with Gasteiger partial charge >= 0.3 is 0 Å². The molecule has 3 unspecified atom stereocenters. The molecule has 0 rings (SSSR count). The van der Waals surface area contributed by atoms with E-state index in [1.54, 1.807) is 0 Å². The van der Waals surface area contributed by atoms with Crippen LogP contribution in [0.4, 0.5) is 0 Å². The highest BCUT2D eigenvalue weighted by molar-refractivity contribution is 7.88. The molecule has 0 saturated heterocycles. The van der Waals surface area contributed by atoms with E-state index in [9.17, 15) is 17.2 Å². The van der Waals surface area contributed by atoms with E-state index in [1.165, 1.54) is 0 Å². The number of aliphatic hydroxyl groups excluding tert-OH is 2. The molecule has 0 saturated carbocycles. The largest absolute Gasteiger partial charge is 0.770 e. The fourth-order valence-electron chi connectivity index (χ4n) is 0.242. The van der Waals surface area contributed by atoms with Gasteiger partial charge in [0.05, 0.1) is 0 Å². The zero-order valence-corrected chi connectivity index (χ0v) is 6.58. The van der Waals surface area contributed by atoms with Gasteiger partial charge in [0.2, 0.25) is 5.44 Å². The van der Waals surface area contributed by atoms with Gasteiger partial charge in [-0.1, -0.05) is 0 Å². The maximum Gasteiger partial charge on any atom is 0.295 e. The van der Waals surface area contributed by atoms with Gasteiger partial charge < -0.3 is 14.8 Å². The number of hydrogen-bond acceptors (Lipinski definition) is 6. The first-order valence-corrected chi connectivity index (χ1v) is 4.81. The molecule has 0 radical (unpaired) electrons. The van der Waals surface area contributed by atoms with Crippen LogP contribution in [-0.4, -0.2) is 42.8 Å². The van der Waals surface area contributed by atoms with Gasteiger partial charge in [-0.3, -0.25) is 8.76 Å². The Balaban J connectivity index is 4.51. The summed E-state index contributed by atoms with van der Waals surface area (Å²) < 4.78 is 47.5. The van der Waals surface area contributed by atoms with Crippen LogP contribution in [0.5, 0.6) is 0 Å². The Morgan fingerprint density at radius 2 is 1.73 bits per heavy atom. The lowest BCUT2D eigenvalue weighted by atomic mass is 10.8. The van der Waals surface area contributed by atoms with Crippen LogP contribution in [0.3, 0.4) is 0 Å². The highest BCUT2D eigenvalue weighted by Gasteiger charge is 2.28. The maximum atomic E-state index is 9.95. The topological polar surface area (TPSA) is 135 Å². The van der Waals surface area contributed by atoms with Gasteiger partial charge in [0, 0.05) is 0 Å². The highest BCUT2D eigenvalue weighted by Crippen LogP contribution is 2.03. The molecule has 0 bridgehead atoms. The van der Waals surface area contributed by atoms with Gasteiger partial charge in [-0.05, 0) is 11.1 Å². The second-order valence-electron chi connectivity index (χ2n) is 1.56. The molecule has 3 N–H and O–H groups in total. The van der Waals surface area contributed by atoms with Crippen molar-refractivity contribution in [2.24, 2.45) is 0 Å². The molecule has 0 aromatic carbocycles. The SMILES string of the molecule is O=S([O-])C(O)C(O)S(=O)(=O)O. The molecule has 3 atom stereocenters. The first kappa shape index (κ1) is 10.9. The zero-order valence-electron chi connectivity index (χ0n) is 4.95. The van der Waals surface area contributed by atoms with Crippen LogP contribution >= 0.6 is 0 Å². The lowest BCUT2D eigenvalue weighted by Crippen LogP contribution is -2.36. The molecule has 68 valence electrons. The predicted molar refractivity (Wildman–Crippen MR) is 32.5 cm³/mol. The van der Waals surface area contributed by atoms with Gasteiger partial charge in [-0.2, -0.15) is 8.42 Å². The minimum atomic E-state index is -4.93. The molecule has 0 amide bonds. The highest BCUT2D eigenvalue weighted by atomic mass is 32.2. The third-order valence-electron chi connectivity index (χ3n) is 0.746. The van der Waals surface area contributed by atoms with Gasteiger partial charge in [0.15, 0.2) is 5.44 Å². The summed E-state index contributed by atoms with van der Waals surface area (Å²) in [5, 5.41) is 16.7. The van der Waals surface area contributed by atoms with Gasteiger partial charge in [-0.25, -0.2) is 0 Å². The van der Waals surface area contributed by atoms with E-state index < -0.39 is 32.1 Å². The van der Waals surface area contributed by atoms with Crippen molar-refractivity contribution in [2.75, 3.05) is 0 Å². The lowest BCUT2D eigenvalue weighted by Gasteiger charge is -2.16. The Hall–Kier alpha value is -0.0600. The summed E-state index contributed by atoms with van der Waals surface area (Å²) in [6.45, 7) is 0. The summed E-state index contributed by atoms with van der Waals surface area (Å²) >= 11 is -3.17. The van der Waals surface area contributed by atoms with Crippen LogP contribution in [0, 0.1) is 0 Å². The minimum Gasteiger partial charge on any atom is -0.770 e. The first-order chi connectivity index (χ1) is 4.76.